The molecule has 0 radical (unpaired) electrons. The van der Waals surface area contributed by atoms with Crippen LogP contribution in [0.4, 0.5) is 0 Å². The minimum absolute atomic E-state index is 0.731. The summed E-state index contributed by atoms with van der Waals surface area (Å²) in [7, 11) is 0. The summed E-state index contributed by atoms with van der Waals surface area (Å²) in [6, 6.07) is 3.83. The lowest BCUT2D eigenvalue weighted by molar-refractivity contribution is 0.464. The third-order valence-corrected chi connectivity index (χ3v) is 1.91. The third-order valence-electron chi connectivity index (χ3n) is 1.49. The molecule has 0 unspecified atom stereocenters. The van der Waals surface area contributed by atoms with Gasteiger partial charge in [-0.25, -0.2) is 0 Å². The summed E-state index contributed by atoms with van der Waals surface area (Å²) in [6.07, 6.45) is 1.00. The van der Waals surface area contributed by atoms with Crippen LogP contribution in [0.3, 0.4) is 0 Å². The first-order chi connectivity index (χ1) is 5.83. The number of nitrogens with two attached hydrogens (primary N) is 1. The molecule has 0 bridgehead atoms. The molecule has 0 aliphatic heterocycles. The normalized spacial score (nSPS) is 10.5. The van der Waals surface area contributed by atoms with E-state index in [0.29, 0.717) is 0 Å². The van der Waals surface area contributed by atoms with Crippen LogP contribution in [-0.4, -0.2) is 13.1 Å². The topological polar surface area (TPSA) is 51.2 Å². The van der Waals surface area contributed by atoms with Crippen LogP contribution in [0.5, 0.6) is 0 Å². The second-order valence-corrected chi connectivity index (χ2v) is 3.31. The fourth-order valence-electron chi connectivity index (χ4n) is 0.885. The van der Waals surface area contributed by atoms with Gasteiger partial charge in [-0.05, 0) is 47.6 Å². The van der Waals surface area contributed by atoms with Gasteiger partial charge >= 0.3 is 0 Å². The minimum Gasteiger partial charge on any atom is -0.453 e. The van der Waals surface area contributed by atoms with Crippen molar-refractivity contribution < 1.29 is 4.42 Å². The predicted octanol–water partition coefficient (Wildman–Crippen LogP) is 1.48. The second-order valence-electron chi connectivity index (χ2n) is 2.52. The quantitative estimate of drug-likeness (QED) is 0.757. The van der Waals surface area contributed by atoms with Crippen LogP contribution in [0.25, 0.3) is 0 Å². The SMILES string of the molecule is NCCCNCc1ccc(Br)o1. The van der Waals surface area contributed by atoms with Gasteiger partial charge in [-0.15, -0.1) is 0 Å². The van der Waals surface area contributed by atoms with Crippen molar-refractivity contribution in [1.29, 1.82) is 0 Å². The van der Waals surface area contributed by atoms with Crippen molar-refractivity contribution in [3.05, 3.63) is 22.6 Å². The Kier molecular flexibility index (Phi) is 4.35. The van der Waals surface area contributed by atoms with Crippen LogP contribution in [0.2, 0.25) is 0 Å². The largest absolute Gasteiger partial charge is 0.453 e. The molecule has 0 aliphatic carbocycles. The molecule has 0 saturated heterocycles. The zero-order chi connectivity index (χ0) is 8.81. The average molecular weight is 233 g/mol. The Morgan fingerprint density at radius 1 is 1.50 bits per heavy atom. The first-order valence-electron chi connectivity index (χ1n) is 3.98. The summed E-state index contributed by atoms with van der Waals surface area (Å²) in [5.74, 6) is 0.943. The summed E-state index contributed by atoms with van der Waals surface area (Å²) in [6.45, 7) is 2.44. The van der Waals surface area contributed by atoms with E-state index in [4.69, 9.17) is 10.2 Å². The summed E-state index contributed by atoms with van der Waals surface area (Å²) in [4.78, 5) is 0. The molecule has 0 spiro atoms. The van der Waals surface area contributed by atoms with E-state index in [1.165, 1.54) is 0 Å². The van der Waals surface area contributed by atoms with Crippen LogP contribution >= 0.6 is 15.9 Å². The number of halogens is 1. The van der Waals surface area contributed by atoms with Gasteiger partial charge in [0.1, 0.15) is 5.76 Å². The van der Waals surface area contributed by atoms with E-state index in [2.05, 4.69) is 21.2 Å². The lowest BCUT2D eigenvalue weighted by Crippen LogP contribution is -2.17. The van der Waals surface area contributed by atoms with Gasteiger partial charge in [0.05, 0.1) is 6.54 Å². The van der Waals surface area contributed by atoms with Crippen molar-refractivity contribution in [2.24, 2.45) is 5.73 Å². The molecule has 0 aromatic carbocycles. The van der Waals surface area contributed by atoms with Crippen molar-refractivity contribution >= 4 is 15.9 Å². The van der Waals surface area contributed by atoms with E-state index >= 15 is 0 Å². The maximum Gasteiger partial charge on any atom is 0.169 e. The van der Waals surface area contributed by atoms with Crippen molar-refractivity contribution in [3.63, 3.8) is 0 Å². The van der Waals surface area contributed by atoms with Gasteiger partial charge in [-0.2, -0.15) is 0 Å². The van der Waals surface area contributed by atoms with Crippen LogP contribution < -0.4 is 11.1 Å². The molecule has 0 amide bonds. The monoisotopic (exact) mass is 232 g/mol. The summed E-state index contributed by atoms with van der Waals surface area (Å²) < 4.78 is 6.06. The maximum atomic E-state index is 5.34. The number of rotatable bonds is 5. The van der Waals surface area contributed by atoms with E-state index in [0.717, 1.165) is 36.5 Å². The van der Waals surface area contributed by atoms with Gasteiger partial charge in [0.25, 0.3) is 0 Å². The first-order valence-corrected chi connectivity index (χ1v) is 4.77. The molecule has 3 nitrogen and oxygen atoms in total. The molecule has 0 atom stereocenters. The highest BCUT2D eigenvalue weighted by atomic mass is 79.9. The van der Waals surface area contributed by atoms with Crippen LogP contribution in [0.1, 0.15) is 12.2 Å². The standard InChI is InChI=1S/C8H13BrN2O/c9-8-3-2-7(12-8)6-11-5-1-4-10/h2-3,11H,1,4-6,10H2. The molecule has 3 N–H and O–H groups in total. The summed E-state index contributed by atoms with van der Waals surface area (Å²) >= 11 is 3.24. The highest BCUT2D eigenvalue weighted by Crippen LogP contribution is 2.13. The summed E-state index contributed by atoms with van der Waals surface area (Å²) in [5, 5.41) is 3.22. The zero-order valence-corrected chi connectivity index (χ0v) is 8.43. The van der Waals surface area contributed by atoms with Gasteiger partial charge in [0.2, 0.25) is 0 Å². The molecule has 0 aliphatic rings. The Labute approximate surface area is 80.4 Å². The number of nitrogens with one attached hydrogen (secondary N) is 1. The lowest BCUT2D eigenvalue weighted by Gasteiger charge is -1.99. The molecule has 0 fully saturated rings. The molecular formula is C8H13BrN2O. The molecule has 68 valence electrons. The molecule has 4 heteroatoms. The van der Waals surface area contributed by atoms with Crippen molar-refractivity contribution in [2.75, 3.05) is 13.1 Å². The third kappa shape index (κ3) is 3.38. The van der Waals surface area contributed by atoms with Crippen LogP contribution in [0.15, 0.2) is 21.2 Å². The Hall–Kier alpha value is -0.320. The van der Waals surface area contributed by atoms with Gasteiger partial charge in [0.15, 0.2) is 4.67 Å². The lowest BCUT2D eigenvalue weighted by atomic mass is 10.4. The fourth-order valence-corrected chi connectivity index (χ4v) is 1.23. The Bertz CT molecular complexity index is 225. The Morgan fingerprint density at radius 2 is 2.33 bits per heavy atom. The molecule has 1 heterocycles. The van der Waals surface area contributed by atoms with Crippen molar-refractivity contribution in [1.82, 2.24) is 5.32 Å². The Morgan fingerprint density at radius 3 is 2.92 bits per heavy atom. The molecule has 12 heavy (non-hydrogen) atoms. The van der Waals surface area contributed by atoms with Gasteiger partial charge in [-0.3, -0.25) is 0 Å². The van der Waals surface area contributed by atoms with Crippen molar-refractivity contribution in [3.8, 4) is 0 Å². The number of hydrogen-bond acceptors (Lipinski definition) is 3. The highest BCUT2D eigenvalue weighted by molar-refractivity contribution is 9.10. The second kappa shape index (κ2) is 5.35. The fraction of sp³-hybridized carbons (Fsp3) is 0.500. The van der Waals surface area contributed by atoms with Gasteiger partial charge in [-0.1, -0.05) is 0 Å². The zero-order valence-electron chi connectivity index (χ0n) is 6.85. The minimum atomic E-state index is 0.731. The van der Waals surface area contributed by atoms with Crippen LogP contribution in [0, 0.1) is 0 Å². The summed E-state index contributed by atoms with van der Waals surface area (Å²) in [5.41, 5.74) is 5.34. The number of hydrogen-bond donors (Lipinski definition) is 2. The molecule has 0 saturated carbocycles. The van der Waals surface area contributed by atoms with E-state index in [-0.39, 0.29) is 0 Å². The molecular weight excluding hydrogens is 220 g/mol. The molecule has 1 rings (SSSR count). The van der Waals surface area contributed by atoms with Gasteiger partial charge < -0.3 is 15.5 Å². The van der Waals surface area contributed by atoms with E-state index in [1.54, 1.807) is 0 Å². The maximum absolute atomic E-state index is 5.34. The predicted molar refractivity (Wildman–Crippen MR) is 51.8 cm³/mol. The highest BCUT2D eigenvalue weighted by Gasteiger charge is 1.97. The smallest absolute Gasteiger partial charge is 0.169 e. The van der Waals surface area contributed by atoms with E-state index in [9.17, 15) is 0 Å². The Balaban J connectivity index is 2.15. The molecule has 1 aromatic rings. The number of furan rings is 1. The van der Waals surface area contributed by atoms with Gasteiger partial charge in [0, 0.05) is 0 Å². The van der Waals surface area contributed by atoms with Crippen LogP contribution in [-0.2, 0) is 6.54 Å². The van der Waals surface area contributed by atoms with Crippen molar-refractivity contribution in [2.45, 2.75) is 13.0 Å². The average Bonchev–Trinajstić information content (AvgIpc) is 2.45. The first kappa shape index (κ1) is 9.77. The molecule has 1 aromatic heterocycles. The van der Waals surface area contributed by atoms with E-state index < -0.39 is 0 Å². The van der Waals surface area contributed by atoms with E-state index in [1.807, 2.05) is 12.1 Å².